The molecule has 0 aliphatic heterocycles. The topological polar surface area (TPSA) is 63.8 Å². The maximum Gasteiger partial charge on any atom is 0.470 e. The van der Waals surface area contributed by atoms with Gasteiger partial charge in [0, 0.05) is 5.56 Å². The van der Waals surface area contributed by atoms with Gasteiger partial charge in [-0.05, 0) is 12.1 Å². The Morgan fingerprint density at radius 2 is 1.73 bits per heavy atom. The molecule has 22 heavy (non-hydrogen) atoms. The van der Waals surface area contributed by atoms with Gasteiger partial charge in [0.05, 0.1) is 17.6 Å². The van der Waals surface area contributed by atoms with Crippen molar-refractivity contribution in [2.45, 2.75) is 6.18 Å². The highest BCUT2D eigenvalue weighted by molar-refractivity contribution is 5.62. The van der Waals surface area contributed by atoms with Crippen LogP contribution in [0.5, 0.6) is 0 Å². The van der Waals surface area contributed by atoms with Gasteiger partial charge in [-0.1, -0.05) is 35.4 Å². The Balaban J connectivity index is 1.75. The fraction of sp³-hybridized carbons (Fsp3) is 0.0714. The van der Waals surface area contributed by atoms with Crippen molar-refractivity contribution in [1.29, 1.82) is 0 Å². The molecule has 1 aromatic carbocycles. The van der Waals surface area contributed by atoms with Crippen LogP contribution in [0.15, 0.2) is 53.1 Å². The van der Waals surface area contributed by atoms with Gasteiger partial charge in [-0.3, -0.25) is 4.98 Å². The van der Waals surface area contributed by atoms with Gasteiger partial charge in [0.2, 0.25) is 0 Å². The van der Waals surface area contributed by atoms with Crippen LogP contribution in [0, 0.1) is 0 Å². The first-order chi connectivity index (χ1) is 10.5. The molecular formula is C14H9F3N4O. The van der Waals surface area contributed by atoms with Crippen molar-refractivity contribution in [2.24, 2.45) is 0 Å². The number of pyridine rings is 1. The number of anilines is 2. The molecule has 2 heterocycles. The second-order valence-corrected chi connectivity index (χ2v) is 4.33. The summed E-state index contributed by atoms with van der Waals surface area (Å²) in [5, 5.41) is 8.78. The van der Waals surface area contributed by atoms with Crippen LogP contribution >= 0.6 is 0 Å². The summed E-state index contributed by atoms with van der Waals surface area (Å²) in [6, 6.07) is 12.5. The van der Waals surface area contributed by atoms with E-state index < -0.39 is 12.1 Å². The molecule has 0 amide bonds. The van der Waals surface area contributed by atoms with Crippen molar-refractivity contribution in [3.05, 3.63) is 54.6 Å². The van der Waals surface area contributed by atoms with Crippen molar-refractivity contribution >= 4 is 11.7 Å². The first-order valence-electron chi connectivity index (χ1n) is 6.21. The number of hydrogen-bond acceptors (Lipinski definition) is 5. The van der Waals surface area contributed by atoms with Crippen LogP contribution < -0.4 is 5.32 Å². The Hall–Kier alpha value is -2.90. The molecule has 0 radical (unpaired) electrons. The summed E-state index contributed by atoms with van der Waals surface area (Å²) in [5.41, 5.74) is 2.12. The number of nitrogens with one attached hydrogen (secondary N) is 1. The molecule has 0 fully saturated rings. The summed E-state index contributed by atoms with van der Waals surface area (Å²) in [7, 11) is 0. The third kappa shape index (κ3) is 3.05. The number of aromatic nitrogens is 3. The minimum absolute atomic E-state index is 0.346. The zero-order valence-electron chi connectivity index (χ0n) is 11.0. The Kier molecular flexibility index (Phi) is 3.50. The lowest BCUT2D eigenvalue weighted by molar-refractivity contribution is -0.156. The predicted octanol–water partition coefficient (Wildman–Crippen LogP) is 3.89. The van der Waals surface area contributed by atoms with E-state index in [0.29, 0.717) is 5.69 Å². The van der Waals surface area contributed by atoms with Gasteiger partial charge in [0.15, 0.2) is 0 Å². The second kappa shape index (κ2) is 5.47. The Morgan fingerprint density at radius 3 is 2.32 bits per heavy atom. The van der Waals surface area contributed by atoms with E-state index in [4.69, 9.17) is 0 Å². The molecule has 2 aromatic heterocycles. The van der Waals surface area contributed by atoms with Crippen LogP contribution in [0.3, 0.4) is 0 Å². The summed E-state index contributed by atoms with van der Waals surface area (Å²) in [6.45, 7) is 0. The Bertz CT molecular complexity index is 754. The number of hydrogen-bond donors (Lipinski definition) is 1. The minimum atomic E-state index is -4.66. The smallest absolute Gasteiger partial charge is 0.399 e. The summed E-state index contributed by atoms with van der Waals surface area (Å²) >= 11 is 0. The molecule has 0 unspecified atom stereocenters. The molecule has 112 valence electrons. The van der Waals surface area contributed by atoms with E-state index in [1.165, 1.54) is 6.20 Å². The SMILES string of the molecule is FC(F)(F)c1nnc(Nc2ccc(-c3ccccc3)nc2)o1. The van der Waals surface area contributed by atoms with Crippen LogP contribution in [0.25, 0.3) is 11.3 Å². The molecule has 5 nitrogen and oxygen atoms in total. The van der Waals surface area contributed by atoms with Crippen molar-refractivity contribution in [3.8, 4) is 11.3 Å². The Morgan fingerprint density at radius 1 is 0.955 bits per heavy atom. The van der Waals surface area contributed by atoms with Gasteiger partial charge in [0.1, 0.15) is 0 Å². The van der Waals surface area contributed by atoms with Crippen molar-refractivity contribution < 1.29 is 17.6 Å². The van der Waals surface area contributed by atoms with E-state index in [2.05, 4.69) is 24.9 Å². The van der Waals surface area contributed by atoms with Crippen molar-refractivity contribution in [2.75, 3.05) is 5.32 Å². The molecule has 0 bridgehead atoms. The van der Waals surface area contributed by atoms with Crippen LogP contribution in [0.4, 0.5) is 24.9 Å². The lowest BCUT2D eigenvalue weighted by Crippen LogP contribution is -2.04. The molecule has 0 saturated carbocycles. The molecular weight excluding hydrogens is 297 g/mol. The summed E-state index contributed by atoms with van der Waals surface area (Å²) in [5.74, 6) is -1.40. The lowest BCUT2D eigenvalue weighted by atomic mass is 10.1. The predicted molar refractivity (Wildman–Crippen MR) is 72.3 cm³/mol. The average Bonchev–Trinajstić information content (AvgIpc) is 2.98. The second-order valence-electron chi connectivity index (χ2n) is 4.33. The van der Waals surface area contributed by atoms with Crippen LogP contribution in [0.1, 0.15) is 5.89 Å². The molecule has 8 heteroatoms. The lowest BCUT2D eigenvalue weighted by Gasteiger charge is -2.03. The first-order valence-corrected chi connectivity index (χ1v) is 6.21. The standard InChI is InChI=1S/C14H9F3N4O/c15-14(16,17)12-20-21-13(22-12)19-10-6-7-11(18-8-10)9-4-2-1-3-5-9/h1-8H,(H,19,21). The van der Waals surface area contributed by atoms with Crippen LogP contribution in [-0.4, -0.2) is 15.2 Å². The molecule has 0 atom stereocenters. The fourth-order valence-electron chi connectivity index (χ4n) is 1.76. The van der Waals surface area contributed by atoms with Gasteiger partial charge in [-0.15, -0.1) is 5.10 Å². The molecule has 0 aliphatic carbocycles. The third-order valence-corrected chi connectivity index (χ3v) is 2.75. The number of rotatable bonds is 3. The highest BCUT2D eigenvalue weighted by Crippen LogP contribution is 2.29. The monoisotopic (exact) mass is 306 g/mol. The third-order valence-electron chi connectivity index (χ3n) is 2.75. The molecule has 0 aliphatic rings. The van der Waals surface area contributed by atoms with Gasteiger partial charge >= 0.3 is 18.1 Å². The average molecular weight is 306 g/mol. The van der Waals surface area contributed by atoms with E-state index >= 15 is 0 Å². The maximum atomic E-state index is 12.3. The first kappa shape index (κ1) is 14.1. The quantitative estimate of drug-likeness (QED) is 0.795. The van der Waals surface area contributed by atoms with Crippen molar-refractivity contribution in [1.82, 2.24) is 15.2 Å². The van der Waals surface area contributed by atoms with Gasteiger partial charge in [0.25, 0.3) is 0 Å². The summed E-state index contributed by atoms with van der Waals surface area (Å²) in [4.78, 5) is 4.23. The normalized spacial score (nSPS) is 11.4. The highest BCUT2D eigenvalue weighted by Gasteiger charge is 2.38. The van der Waals surface area contributed by atoms with Crippen molar-refractivity contribution in [3.63, 3.8) is 0 Å². The molecule has 0 spiro atoms. The fourth-order valence-corrected chi connectivity index (χ4v) is 1.76. The summed E-state index contributed by atoms with van der Waals surface area (Å²) in [6.07, 6.45) is -3.19. The largest absolute Gasteiger partial charge is 0.470 e. The van der Waals surface area contributed by atoms with E-state index in [1.807, 2.05) is 30.3 Å². The molecule has 3 rings (SSSR count). The Labute approximate surface area is 122 Å². The number of benzene rings is 1. The molecule has 1 N–H and O–H groups in total. The van der Waals surface area contributed by atoms with E-state index in [9.17, 15) is 13.2 Å². The molecule has 0 saturated heterocycles. The van der Waals surface area contributed by atoms with Crippen LogP contribution in [-0.2, 0) is 6.18 Å². The number of halogens is 3. The zero-order chi connectivity index (χ0) is 15.6. The molecule has 3 aromatic rings. The van der Waals surface area contributed by atoms with E-state index in [0.717, 1.165) is 11.3 Å². The van der Waals surface area contributed by atoms with Gasteiger partial charge < -0.3 is 9.73 Å². The van der Waals surface area contributed by atoms with E-state index in [-0.39, 0.29) is 6.01 Å². The highest BCUT2D eigenvalue weighted by atomic mass is 19.4. The maximum absolute atomic E-state index is 12.3. The van der Waals surface area contributed by atoms with Gasteiger partial charge in [-0.25, -0.2) is 0 Å². The van der Waals surface area contributed by atoms with Crippen LogP contribution in [0.2, 0.25) is 0 Å². The zero-order valence-corrected chi connectivity index (χ0v) is 11.0. The number of alkyl halides is 3. The van der Waals surface area contributed by atoms with E-state index in [1.54, 1.807) is 12.1 Å². The number of nitrogens with zero attached hydrogens (tertiary/aromatic N) is 3. The summed E-state index contributed by atoms with van der Waals surface area (Å²) < 4.78 is 41.5. The minimum Gasteiger partial charge on any atom is -0.399 e. The van der Waals surface area contributed by atoms with Gasteiger partial charge in [-0.2, -0.15) is 13.2 Å².